The molecule has 0 aliphatic carbocycles. The highest BCUT2D eigenvalue weighted by molar-refractivity contribution is 5.95. The first kappa shape index (κ1) is 16.9. The van der Waals surface area contributed by atoms with Crippen molar-refractivity contribution < 1.29 is 22.7 Å². The number of carbonyl (C=O) groups is 1. The topological polar surface area (TPSA) is 38.3 Å². The lowest BCUT2D eigenvalue weighted by atomic mass is 10.1. The molecular weight excluding hydrogens is 307 g/mol. The van der Waals surface area contributed by atoms with Gasteiger partial charge in [-0.1, -0.05) is 37.3 Å². The van der Waals surface area contributed by atoms with Crippen molar-refractivity contribution in [3.63, 3.8) is 0 Å². The van der Waals surface area contributed by atoms with Crippen molar-refractivity contribution in [3.8, 4) is 5.75 Å². The van der Waals surface area contributed by atoms with Gasteiger partial charge < -0.3 is 10.1 Å². The van der Waals surface area contributed by atoms with Gasteiger partial charge in [-0.05, 0) is 30.7 Å². The van der Waals surface area contributed by atoms with Gasteiger partial charge in [-0.25, -0.2) is 0 Å². The van der Waals surface area contributed by atoms with Gasteiger partial charge in [-0.2, -0.15) is 13.2 Å². The predicted octanol–water partition coefficient (Wildman–Crippen LogP) is 4.50. The highest BCUT2D eigenvalue weighted by atomic mass is 19.4. The Kier molecular flexibility index (Phi) is 5.26. The van der Waals surface area contributed by atoms with Crippen LogP contribution in [0, 0.1) is 0 Å². The molecule has 1 N–H and O–H groups in total. The van der Waals surface area contributed by atoms with Gasteiger partial charge in [0.05, 0.1) is 11.3 Å². The molecular formula is C17H16F3NO2. The van der Waals surface area contributed by atoms with Crippen LogP contribution in [-0.4, -0.2) is 12.0 Å². The van der Waals surface area contributed by atoms with E-state index in [0.717, 1.165) is 6.07 Å². The summed E-state index contributed by atoms with van der Waals surface area (Å²) in [6.45, 7) is 1.73. The molecule has 2 aromatic carbocycles. The third-order valence-corrected chi connectivity index (χ3v) is 3.18. The highest BCUT2D eigenvalue weighted by Crippen LogP contribution is 2.34. The summed E-state index contributed by atoms with van der Waals surface area (Å²) in [7, 11) is 0. The summed E-state index contributed by atoms with van der Waals surface area (Å²) in [5.74, 6) is -0.133. The van der Waals surface area contributed by atoms with Crippen LogP contribution < -0.4 is 10.1 Å². The second-order valence-electron chi connectivity index (χ2n) is 4.86. The Morgan fingerprint density at radius 3 is 2.30 bits per heavy atom. The molecule has 0 spiro atoms. The first-order valence-electron chi connectivity index (χ1n) is 7.10. The molecule has 1 atom stereocenters. The summed E-state index contributed by atoms with van der Waals surface area (Å²) in [6, 6.07) is 13.5. The summed E-state index contributed by atoms with van der Waals surface area (Å²) in [4.78, 5) is 12.2. The molecule has 23 heavy (non-hydrogen) atoms. The Morgan fingerprint density at radius 2 is 1.70 bits per heavy atom. The van der Waals surface area contributed by atoms with Gasteiger partial charge in [-0.15, -0.1) is 0 Å². The van der Waals surface area contributed by atoms with Gasteiger partial charge in [0, 0.05) is 0 Å². The molecule has 0 aromatic heterocycles. The van der Waals surface area contributed by atoms with Crippen molar-refractivity contribution >= 4 is 11.6 Å². The van der Waals surface area contributed by atoms with E-state index in [4.69, 9.17) is 4.74 Å². The molecule has 2 rings (SSSR count). The fourth-order valence-corrected chi connectivity index (χ4v) is 2.04. The summed E-state index contributed by atoms with van der Waals surface area (Å²) in [5, 5.41) is 2.30. The number of rotatable bonds is 5. The zero-order valence-electron chi connectivity index (χ0n) is 12.4. The fraction of sp³-hybridized carbons (Fsp3) is 0.235. The first-order valence-corrected chi connectivity index (χ1v) is 7.10. The van der Waals surface area contributed by atoms with Crippen LogP contribution >= 0.6 is 0 Å². The standard InChI is InChI=1S/C17H16F3NO2/c1-2-15(23-12-8-4-3-5-9-12)16(22)21-14-11-7-6-10-13(14)17(18,19)20/h3-11,15H,2H2,1H3,(H,21,22)/t15-/m1/s1. The summed E-state index contributed by atoms with van der Waals surface area (Å²) >= 11 is 0. The average molecular weight is 323 g/mol. The molecule has 2 aromatic rings. The molecule has 0 bridgehead atoms. The van der Waals surface area contributed by atoms with E-state index in [0.29, 0.717) is 12.2 Å². The predicted molar refractivity (Wildman–Crippen MR) is 81.2 cm³/mol. The van der Waals surface area contributed by atoms with Crippen LogP contribution in [0.25, 0.3) is 0 Å². The maximum absolute atomic E-state index is 12.9. The number of nitrogens with one attached hydrogen (secondary N) is 1. The van der Waals surface area contributed by atoms with Crippen LogP contribution in [0.1, 0.15) is 18.9 Å². The Bertz CT molecular complexity index is 656. The van der Waals surface area contributed by atoms with E-state index in [1.165, 1.54) is 18.2 Å². The highest BCUT2D eigenvalue weighted by Gasteiger charge is 2.34. The molecule has 0 aliphatic rings. The maximum atomic E-state index is 12.9. The summed E-state index contributed by atoms with van der Waals surface area (Å²) in [6.07, 6.45) is -5.08. The largest absolute Gasteiger partial charge is 0.481 e. The van der Waals surface area contributed by atoms with Gasteiger partial charge in [0.1, 0.15) is 5.75 Å². The second-order valence-corrected chi connectivity index (χ2v) is 4.86. The third kappa shape index (κ3) is 4.48. The molecule has 0 radical (unpaired) electrons. The van der Waals surface area contributed by atoms with E-state index in [-0.39, 0.29) is 5.69 Å². The quantitative estimate of drug-likeness (QED) is 0.880. The van der Waals surface area contributed by atoms with Crippen LogP contribution in [-0.2, 0) is 11.0 Å². The second kappa shape index (κ2) is 7.17. The number of carbonyl (C=O) groups excluding carboxylic acids is 1. The van der Waals surface area contributed by atoms with Gasteiger partial charge >= 0.3 is 6.18 Å². The molecule has 3 nitrogen and oxygen atoms in total. The molecule has 6 heteroatoms. The molecule has 0 unspecified atom stereocenters. The number of anilines is 1. The number of halogens is 3. The summed E-state index contributed by atoms with van der Waals surface area (Å²) in [5.41, 5.74) is -1.16. The van der Waals surface area contributed by atoms with Crippen LogP contribution in [0.15, 0.2) is 54.6 Å². The van der Waals surface area contributed by atoms with E-state index < -0.39 is 23.8 Å². The van der Waals surface area contributed by atoms with Crippen molar-refractivity contribution in [2.24, 2.45) is 0 Å². The number of ether oxygens (including phenoxy) is 1. The average Bonchev–Trinajstić information content (AvgIpc) is 2.53. The number of alkyl halides is 3. The van der Waals surface area contributed by atoms with Crippen molar-refractivity contribution in [1.82, 2.24) is 0 Å². The maximum Gasteiger partial charge on any atom is 0.418 e. The number of hydrogen-bond acceptors (Lipinski definition) is 2. The molecule has 0 aliphatic heterocycles. The van der Waals surface area contributed by atoms with Crippen molar-refractivity contribution in [3.05, 3.63) is 60.2 Å². The summed E-state index contributed by atoms with van der Waals surface area (Å²) < 4.78 is 44.4. The lowest BCUT2D eigenvalue weighted by molar-refractivity contribution is -0.137. The molecule has 122 valence electrons. The van der Waals surface area contributed by atoms with Crippen LogP contribution in [0.5, 0.6) is 5.75 Å². The van der Waals surface area contributed by atoms with Crippen molar-refractivity contribution in [1.29, 1.82) is 0 Å². The lowest BCUT2D eigenvalue weighted by Crippen LogP contribution is -2.33. The smallest absolute Gasteiger partial charge is 0.418 e. The Hall–Kier alpha value is -2.50. The van der Waals surface area contributed by atoms with Crippen molar-refractivity contribution in [2.75, 3.05) is 5.32 Å². The minimum absolute atomic E-state index is 0.278. The van der Waals surface area contributed by atoms with Gasteiger partial charge in [-0.3, -0.25) is 4.79 Å². The van der Waals surface area contributed by atoms with Crippen LogP contribution in [0.4, 0.5) is 18.9 Å². The first-order chi connectivity index (χ1) is 10.9. The monoisotopic (exact) mass is 323 g/mol. The zero-order valence-corrected chi connectivity index (χ0v) is 12.4. The van der Waals surface area contributed by atoms with E-state index in [2.05, 4.69) is 5.32 Å². The van der Waals surface area contributed by atoms with Gasteiger partial charge in [0.2, 0.25) is 0 Å². The Labute approximate surface area is 132 Å². The number of benzene rings is 2. The number of para-hydroxylation sites is 2. The normalized spacial score (nSPS) is 12.5. The fourth-order valence-electron chi connectivity index (χ4n) is 2.04. The third-order valence-electron chi connectivity index (χ3n) is 3.18. The van der Waals surface area contributed by atoms with Crippen LogP contribution in [0.2, 0.25) is 0 Å². The number of amides is 1. The lowest BCUT2D eigenvalue weighted by Gasteiger charge is -2.19. The van der Waals surface area contributed by atoms with Gasteiger partial charge in [0.25, 0.3) is 5.91 Å². The zero-order chi connectivity index (χ0) is 16.9. The molecule has 0 saturated heterocycles. The molecule has 0 fully saturated rings. The molecule has 0 saturated carbocycles. The van der Waals surface area contributed by atoms with E-state index in [1.54, 1.807) is 37.3 Å². The Morgan fingerprint density at radius 1 is 1.09 bits per heavy atom. The SMILES string of the molecule is CC[C@@H](Oc1ccccc1)C(=O)Nc1ccccc1C(F)(F)F. The van der Waals surface area contributed by atoms with Gasteiger partial charge in [0.15, 0.2) is 6.10 Å². The van der Waals surface area contributed by atoms with Crippen molar-refractivity contribution in [2.45, 2.75) is 25.6 Å². The van der Waals surface area contributed by atoms with E-state index in [1.807, 2.05) is 0 Å². The van der Waals surface area contributed by atoms with Crippen LogP contribution in [0.3, 0.4) is 0 Å². The molecule has 0 heterocycles. The minimum Gasteiger partial charge on any atom is -0.481 e. The van der Waals surface area contributed by atoms with E-state index in [9.17, 15) is 18.0 Å². The minimum atomic E-state index is -4.54. The molecule has 1 amide bonds. The number of hydrogen-bond donors (Lipinski definition) is 1. The Balaban J connectivity index is 2.14. The van der Waals surface area contributed by atoms with E-state index >= 15 is 0 Å².